The van der Waals surface area contributed by atoms with Gasteiger partial charge in [-0.25, -0.2) is 0 Å². The van der Waals surface area contributed by atoms with Gasteiger partial charge in [0.25, 0.3) is 5.91 Å². The molecule has 1 aromatic heterocycles. The third-order valence-corrected chi connectivity index (χ3v) is 2.75. The Labute approximate surface area is 129 Å². The van der Waals surface area contributed by atoms with Gasteiger partial charge in [0.15, 0.2) is 12.4 Å². The van der Waals surface area contributed by atoms with Crippen molar-refractivity contribution in [2.24, 2.45) is 5.16 Å². The SMILES string of the molecule is O=C(C[n+]1cccc(C=NO)c1)NCc1ccccc1.[Cl-]. The molecule has 6 heteroatoms. The van der Waals surface area contributed by atoms with Gasteiger partial charge in [-0.15, -0.1) is 0 Å². The summed E-state index contributed by atoms with van der Waals surface area (Å²) in [4.78, 5) is 11.8. The van der Waals surface area contributed by atoms with Crippen LogP contribution < -0.4 is 22.3 Å². The first-order valence-electron chi connectivity index (χ1n) is 6.25. The van der Waals surface area contributed by atoms with Crippen molar-refractivity contribution in [1.82, 2.24) is 5.32 Å². The maximum atomic E-state index is 11.8. The minimum Gasteiger partial charge on any atom is -1.00 e. The fraction of sp³-hybridized carbons (Fsp3) is 0.133. The number of nitrogens with zero attached hydrogens (tertiary/aromatic N) is 2. The molecular weight excluding hydrogens is 290 g/mol. The van der Waals surface area contributed by atoms with E-state index in [0.717, 1.165) is 11.1 Å². The molecule has 110 valence electrons. The van der Waals surface area contributed by atoms with Crippen LogP contribution in [0, 0.1) is 0 Å². The number of amides is 1. The Kier molecular flexibility index (Phi) is 6.91. The Morgan fingerprint density at radius 1 is 1.24 bits per heavy atom. The lowest BCUT2D eigenvalue weighted by molar-refractivity contribution is -0.684. The summed E-state index contributed by atoms with van der Waals surface area (Å²) in [5.74, 6) is -0.0723. The molecule has 0 aliphatic rings. The second-order valence-electron chi connectivity index (χ2n) is 4.32. The number of benzene rings is 1. The fourth-order valence-corrected chi connectivity index (χ4v) is 1.80. The van der Waals surface area contributed by atoms with E-state index in [-0.39, 0.29) is 24.9 Å². The normalized spacial score (nSPS) is 10.1. The molecule has 2 aromatic rings. The number of halogens is 1. The van der Waals surface area contributed by atoms with Gasteiger partial charge in [0.2, 0.25) is 6.54 Å². The molecule has 1 amide bonds. The summed E-state index contributed by atoms with van der Waals surface area (Å²) < 4.78 is 1.73. The number of rotatable bonds is 5. The highest BCUT2D eigenvalue weighted by atomic mass is 35.5. The average Bonchev–Trinajstić information content (AvgIpc) is 2.47. The van der Waals surface area contributed by atoms with E-state index in [1.165, 1.54) is 6.21 Å². The zero-order valence-corrected chi connectivity index (χ0v) is 12.1. The van der Waals surface area contributed by atoms with Crippen molar-refractivity contribution in [3.63, 3.8) is 0 Å². The molecule has 0 radical (unpaired) electrons. The molecular formula is C15H16ClN3O2. The number of nitrogens with one attached hydrogen (secondary N) is 1. The standard InChI is InChI=1S/C15H15N3O2.ClH/c19-15(16-9-13-5-2-1-3-6-13)12-18-8-4-7-14(11-18)10-17-20;/h1-8,10-11H,9,12H2,(H-,16,19,20);1H. The van der Waals surface area contributed by atoms with Crippen LogP contribution in [0.25, 0.3) is 0 Å². The topological polar surface area (TPSA) is 65.6 Å². The van der Waals surface area contributed by atoms with E-state index >= 15 is 0 Å². The zero-order valence-electron chi connectivity index (χ0n) is 11.3. The lowest BCUT2D eigenvalue weighted by Gasteiger charge is -2.03. The van der Waals surface area contributed by atoms with Crippen molar-refractivity contribution in [2.75, 3.05) is 0 Å². The minimum atomic E-state index is -0.0723. The van der Waals surface area contributed by atoms with Crippen molar-refractivity contribution in [1.29, 1.82) is 0 Å². The first-order valence-corrected chi connectivity index (χ1v) is 6.25. The first-order chi connectivity index (χ1) is 9.78. The quantitative estimate of drug-likeness (QED) is 0.293. The summed E-state index contributed by atoms with van der Waals surface area (Å²) in [7, 11) is 0. The predicted molar refractivity (Wildman–Crippen MR) is 74.3 cm³/mol. The van der Waals surface area contributed by atoms with Crippen LogP contribution >= 0.6 is 0 Å². The van der Waals surface area contributed by atoms with E-state index in [9.17, 15) is 4.79 Å². The molecule has 5 nitrogen and oxygen atoms in total. The van der Waals surface area contributed by atoms with Gasteiger partial charge in [-0.3, -0.25) is 4.79 Å². The third-order valence-electron chi connectivity index (χ3n) is 2.75. The highest BCUT2D eigenvalue weighted by molar-refractivity contribution is 5.78. The highest BCUT2D eigenvalue weighted by Crippen LogP contribution is 1.97. The van der Waals surface area contributed by atoms with E-state index in [4.69, 9.17) is 5.21 Å². The second kappa shape index (κ2) is 8.71. The summed E-state index contributed by atoms with van der Waals surface area (Å²) >= 11 is 0. The molecule has 0 saturated carbocycles. The van der Waals surface area contributed by atoms with Crippen molar-refractivity contribution in [2.45, 2.75) is 13.1 Å². The molecule has 0 spiro atoms. The molecule has 1 aromatic carbocycles. The Balaban J connectivity index is 0.00000220. The van der Waals surface area contributed by atoms with Crippen LogP contribution in [0.4, 0.5) is 0 Å². The number of carbonyl (C=O) groups excluding carboxylic acids is 1. The Bertz CT molecular complexity index is 603. The van der Waals surface area contributed by atoms with E-state index in [1.807, 2.05) is 30.3 Å². The molecule has 0 aliphatic heterocycles. The van der Waals surface area contributed by atoms with Crippen LogP contribution in [-0.4, -0.2) is 17.3 Å². The Morgan fingerprint density at radius 3 is 2.71 bits per heavy atom. The van der Waals surface area contributed by atoms with E-state index in [0.29, 0.717) is 6.54 Å². The zero-order chi connectivity index (χ0) is 14.2. The molecule has 0 atom stereocenters. The van der Waals surface area contributed by atoms with Gasteiger partial charge in [0.05, 0.1) is 11.8 Å². The molecule has 0 aliphatic carbocycles. The minimum absolute atomic E-state index is 0. The van der Waals surface area contributed by atoms with Gasteiger partial charge in [-0.1, -0.05) is 35.5 Å². The molecule has 0 saturated heterocycles. The van der Waals surface area contributed by atoms with Crippen molar-refractivity contribution in [3.8, 4) is 0 Å². The molecule has 0 fully saturated rings. The van der Waals surface area contributed by atoms with Crippen LogP contribution in [0.5, 0.6) is 0 Å². The monoisotopic (exact) mass is 305 g/mol. The number of hydrogen-bond acceptors (Lipinski definition) is 3. The van der Waals surface area contributed by atoms with Gasteiger partial charge in [-0.05, 0) is 11.6 Å². The van der Waals surface area contributed by atoms with Gasteiger partial charge >= 0.3 is 0 Å². The highest BCUT2D eigenvalue weighted by Gasteiger charge is 2.09. The summed E-state index contributed by atoms with van der Waals surface area (Å²) in [5.41, 5.74) is 1.79. The molecule has 21 heavy (non-hydrogen) atoms. The number of hydrogen-bond donors (Lipinski definition) is 2. The summed E-state index contributed by atoms with van der Waals surface area (Å²) in [5, 5.41) is 14.3. The summed E-state index contributed by atoms with van der Waals surface area (Å²) in [6.07, 6.45) is 4.84. The van der Waals surface area contributed by atoms with Crippen LogP contribution in [0.3, 0.4) is 0 Å². The lowest BCUT2D eigenvalue weighted by atomic mass is 10.2. The number of aromatic nitrogens is 1. The van der Waals surface area contributed by atoms with Gasteiger partial charge in [-0.2, -0.15) is 4.57 Å². The predicted octanol–water partition coefficient (Wildman–Crippen LogP) is -1.90. The van der Waals surface area contributed by atoms with Crippen molar-refractivity contribution in [3.05, 3.63) is 66.0 Å². The average molecular weight is 306 g/mol. The smallest absolute Gasteiger partial charge is 0.286 e. The van der Waals surface area contributed by atoms with Crippen molar-refractivity contribution < 1.29 is 27.0 Å². The van der Waals surface area contributed by atoms with Crippen LogP contribution in [-0.2, 0) is 17.9 Å². The maximum Gasteiger partial charge on any atom is 0.286 e. The van der Waals surface area contributed by atoms with Gasteiger partial charge in [0, 0.05) is 12.6 Å². The maximum absolute atomic E-state index is 11.8. The molecule has 2 rings (SSSR count). The Morgan fingerprint density at radius 2 is 2.00 bits per heavy atom. The van der Waals surface area contributed by atoms with E-state index in [1.54, 1.807) is 29.1 Å². The molecule has 1 heterocycles. The second-order valence-corrected chi connectivity index (χ2v) is 4.32. The van der Waals surface area contributed by atoms with Gasteiger partial charge < -0.3 is 22.9 Å². The summed E-state index contributed by atoms with van der Waals surface area (Å²) in [6.45, 7) is 0.734. The van der Waals surface area contributed by atoms with E-state index < -0.39 is 0 Å². The number of oxime groups is 1. The number of carbonyl (C=O) groups is 1. The van der Waals surface area contributed by atoms with Crippen LogP contribution in [0.15, 0.2) is 60.0 Å². The lowest BCUT2D eigenvalue weighted by Crippen LogP contribution is -3.00. The first kappa shape index (κ1) is 16.7. The Hall–Kier alpha value is -2.40. The van der Waals surface area contributed by atoms with E-state index in [2.05, 4.69) is 10.5 Å². The third kappa shape index (κ3) is 5.62. The molecule has 0 unspecified atom stereocenters. The molecule has 0 bridgehead atoms. The fourth-order valence-electron chi connectivity index (χ4n) is 1.80. The number of pyridine rings is 1. The largest absolute Gasteiger partial charge is 1.00 e. The van der Waals surface area contributed by atoms with Crippen LogP contribution in [0.2, 0.25) is 0 Å². The van der Waals surface area contributed by atoms with Crippen molar-refractivity contribution >= 4 is 12.1 Å². The van der Waals surface area contributed by atoms with Gasteiger partial charge in [0.1, 0.15) is 0 Å². The molecule has 2 N–H and O–H groups in total. The van der Waals surface area contributed by atoms with Crippen LogP contribution in [0.1, 0.15) is 11.1 Å². The summed E-state index contributed by atoms with van der Waals surface area (Å²) in [6, 6.07) is 13.3.